The van der Waals surface area contributed by atoms with Crippen LogP contribution >= 0.6 is 0 Å². The van der Waals surface area contributed by atoms with Gasteiger partial charge in [-0.1, -0.05) is 6.42 Å². The van der Waals surface area contributed by atoms with Crippen molar-refractivity contribution >= 4 is 0 Å². The van der Waals surface area contributed by atoms with Crippen LogP contribution in [-0.2, 0) is 0 Å². The minimum atomic E-state index is 0.368. The van der Waals surface area contributed by atoms with Gasteiger partial charge in [-0.25, -0.2) is 0 Å². The van der Waals surface area contributed by atoms with Gasteiger partial charge in [0.05, 0.1) is 0 Å². The molecule has 0 amide bonds. The number of aliphatic hydroxyl groups excluding tert-OH is 1. The molecule has 1 N–H and O–H groups in total. The first-order valence-corrected chi connectivity index (χ1v) is 7.78. The molecule has 0 aromatic heterocycles. The summed E-state index contributed by atoms with van der Waals surface area (Å²) in [5.74, 6) is 1.20. The third-order valence-corrected chi connectivity index (χ3v) is 4.83. The van der Waals surface area contributed by atoms with Gasteiger partial charge in [-0.15, -0.1) is 0 Å². The lowest BCUT2D eigenvalue weighted by Gasteiger charge is -2.32. The van der Waals surface area contributed by atoms with E-state index in [-0.39, 0.29) is 0 Å². The second kappa shape index (κ2) is 6.88. The molecule has 2 heterocycles. The average molecular weight is 254 g/mol. The Morgan fingerprint density at radius 1 is 1.11 bits per heavy atom. The van der Waals surface area contributed by atoms with E-state index in [0.717, 1.165) is 6.54 Å². The third-order valence-electron chi connectivity index (χ3n) is 4.83. The van der Waals surface area contributed by atoms with Gasteiger partial charge in [-0.05, 0) is 64.6 Å². The monoisotopic (exact) mass is 254 g/mol. The largest absolute Gasteiger partial charge is 0.396 e. The Hall–Kier alpha value is -0.120. The van der Waals surface area contributed by atoms with E-state index in [1.165, 1.54) is 51.9 Å². The molecule has 0 spiro atoms. The zero-order valence-electron chi connectivity index (χ0n) is 12.1. The van der Waals surface area contributed by atoms with Crippen molar-refractivity contribution in [3.05, 3.63) is 0 Å². The van der Waals surface area contributed by atoms with Gasteiger partial charge in [-0.2, -0.15) is 0 Å². The van der Waals surface area contributed by atoms with Crippen molar-refractivity contribution in [1.29, 1.82) is 0 Å². The number of nitrogens with zero attached hydrogens (tertiary/aromatic N) is 2. The fraction of sp³-hybridized carbons (Fsp3) is 1.00. The van der Waals surface area contributed by atoms with Crippen LogP contribution in [0.25, 0.3) is 0 Å². The van der Waals surface area contributed by atoms with E-state index in [1.807, 2.05) is 0 Å². The van der Waals surface area contributed by atoms with Crippen LogP contribution in [0.5, 0.6) is 0 Å². The number of hydrogen-bond donors (Lipinski definition) is 1. The first kappa shape index (κ1) is 14.3. The summed E-state index contributed by atoms with van der Waals surface area (Å²) in [4.78, 5) is 5.13. The summed E-state index contributed by atoms with van der Waals surface area (Å²) in [5, 5.41) is 9.70. The molecule has 2 rings (SSSR count). The SMILES string of the molecule is CC(C)N1CCC(C(CO)CN2CCCCC2)C1. The van der Waals surface area contributed by atoms with E-state index in [2.05, 4.69) is 23.6 Å². The highest BCUT2D eigenvalue weighted by Gasteiger charge is 2.31. The molecule has 0 aromatic rings. The summed E-state index contributed by atoms with van der Waals surface area (Å²) in [6, 6.07) is 0.657. The van der Waals surface area contributed by atoms with Crippen LogP contribution < -0.4 is 0 Å². The van der Waals surface area contributed by atoms with E-state index in [0.29, 0.717) is 24.5 Å². The Morgan fingerprint density at radius 3 is 2.39 bits per heavy atom. The van der Waals surface area contributed by atoms with Gasteiger partial charge in [0.1, 0.15) is 0 Å². The standard InChI is InChI=1S/C15H30N2O/c1-13(2)17-9-6-14(11-17)15(12-18)10-16-7-4-3-5-8-16/h13-15,18H,3-12H2,1-2H3. The lowest BCUT2D eigenvalue weighted by molar-refractivity contribution is 0.109. The summed E-state index contributed by atoms with van der Waals surface area (Å²) in [7, 11) is 0. The van der Waals surface area contributed by atoms with Crippen LogP contribution in [0.1, 0.15) is 39.5 Å². The molecule has 0 bridgehead atoms. The molecule has 0 aromatic carbocycles. The van der Waals surface area contributed by atoms with Crippen LogP contribution in [0.4, 0.5) is 0 Å². The Balaban J connectivity index is 1.81. The minimum Gasteiger partial charge on any atom is -0.396 e. The van der Waals surface area contributed by atoms with Crippen molar-refractivity contribution in [3.63, 3.8) is 0 Å². The zero-order chi connectivity index (χ0) is 13.0. The first-order valence-electron chi connectivity index (χ1n) is 7.78. The van der Waals surface area contributed by atoms with E-state index < -0.39 is 0 Å². The molecule has 2 unspecified atom stereocenters. The fourth-order valence-corrected chi connectivity index (χ4v) is 3.50. The maximum absolute atomic E-state index is 9.70. The molecule has 106 valence electrons. The van der Waals surface area contributed by atoms with Crippen molar-refractivity contribution in [2.45, 2.75) is 45.6 Å². The second-order valence-electron chi connectivity index (χ2n) is 6.44. The predicted molar refractivity (Wildman–Crippen MR) is 75.7 cm³/mol. The summed E-state index contributed by atoms with van der Waals surface area (Å²) >= 11 is 0. The minimum absolute atomic E-state index is 0.368. The van der Waals surface area contributed by atoms with Gasteiger partial charge in [0, 0.05) is 25.7 Å². The molecule has 0 saturated carbocycles. The summed E-state index contributed by atoms with van der Waals surface area (Å²) in [6.45, 7) is 11.0. The topological polar surface area (TPSA) is 26.7 Å². The van der Waals surface area contributed by atoms with Crippen LogP contribution in [0, 0.1) is 11.8 Å². The van der Waals surface area contributed by atoms with Gasteiger partial charge in [0.25, 0.3) is 0 Å². The second-order valence-corrected chi connectivity index (χ2v) is 6.44. The van der Waals surface area contributed by atoms with Gasteiger partial charge in [-0.3, -0.25) is 0 Å². The van der Waals surface area contributed by atoms with E-state index in [1.54, 1.807) is 0 Å². The van der Waals surface area contributed by atoms with Crippen LogP contribution in [0.2, 0.25) is 0 Å². The van der Waals surface area contributed by atoms with E-state index in [9.17, 15) is 5.11 Å². The van der Waals surface area contributed by atoms with E-state index >= 15 is 0 Å². The Bertz CT molecular complexity index is 239. The number of aliphatic hydroxyl groups is 1. The third kappa shape index (κ3) is 3.69. The molecule has 2 fully saturated rings. The summed E-state index contributed by atoms with van der Waals surface area (Å²) in [5.41, 5.74) is 0. The lowest BCUT2D eigenvalue weighted by Crippen LogP contribution is -2.39. The maximum atomic E-state index is 9.70. The highest BCUT2D eigenvalue weighted by Crippen LogP contribution is 2.27. The summed E-state index contributed by atoms with van der Waals surface area (Å²) in [6.07, 6.45) is 5.37. The van der Waals surface area contributed by atoms with Gasteiger partial charge < -0.3 is 14.9 Å². The van der Waals surface area contributed by atoms with Crippen LogP contribution in [-0.4, -0.2) is 60.3 Å². The molecule has 3 heteroatoms. The molecule has 2 atom stereocenters. The number of likely N-dealkylation sites (tertiary alicyclic amines) is 2. The highest BCUT2D eigenvalue weighted by atomic mass is 16.3. The van der Waals surface area contributed by atoms with Crippen molar-refractivity contribution in [2.75, 3.05) is 39.3 Å². The molecule has 2 aliphatic heterocycles. The molecule has 0 radical (unpaired) electrons. The average Bonchev–Trinajstić information content (AvgIpc) is 2.87. The molecule has 2 aliphatic rings. The molecule has 18 heavy (non-hydrogen) atoms. The van der Waals surface area contributed by atoms with Crippen LogP contribution in [0.3, 0.4) is 0 Å². The Kier molecular flexibility index (Phi) is 5.46. The Morgan fingerprint density at radius 2 is 1.83 bits per heavy atom. The first-order chi connectivity index (χ1) is 8.70. The molecule has 2 saturated heterocycles. The van der Waals surface area contributed by atoms with Crippen LogP contribution in [0.15, 0.2) is 0 Å². The normalized spacial score (nSPS) is 29.0. The zero-order valence-corrected chi connectivity index (χ0v) is 12.1. The molecule has 3 nitrogen and oxygen atoms in total. The predicted octanol–water partition coefficient (Wildman–Crippen LogP) is 1.81. The number of piperidine rings is 1. The lowest BCUT2D eigenvalue weighted by atomic mass is 9.91. The Labute approximate surface area is 112 Å². The quantitative estimate of drug-likeness (QED) is 0.810. The van der Waals surface area contributed by atoms with Crippen molar-refractivity contribution in [3.8, 4) is 0 Å². The molecular weight excluding hydrogens is 224 g/mol. The molecular formula is C15H30N2O. The van der Waals surface area contributed by atoms with Gasteiger partial charge in [0.2, 0.25) is 0 Å². The van der Waals surface area contributed by atoms with Gasteiger partial charge >= 0.3 is 0 Å². The van der Waals surface area contributed by atoms with E-state index in [4.69, 9.17) is 0 Å². The van der Waals surface area contributed by atoms with Gasteiger partial charge in [0.15, 0.2) is 0 Å². The highest BCUT2D eigenvalue weighted by molar-refractivity contribution is 4.84. The fourth-order valence-electron chi connectivity index (χ4n) is 3.50. The van der Waals surface area contributed by atoms with Crippen molar-refractivity contribution in [1.82, 2.24) is 9.80 Å². The number of rotatable bonds is 5. The smallest absolute Gasteiger partial charge is 0.0474 e. The van der Waals surface area contributed by atoms with Crippen molar-refractivity contribution < 1.29 is 5.11 Å². The number of hydrogen-bond acceptors (Lipinski definition) is 3. The summed E-state index contributed by atoms with van der Waals surface area (Å²) < 4.78 is 0. The maximum Gasteiger partial charge on any atom is 0.0474 e. The van der Waals surface area contributed by atoms with Crippen molar-refractivity contribution in [2.24, 2.45) is 11.8 Å². The molecule has 0 aliphatic carbocycles.